The number of aryl methyl sites for hydroxylation is 1. The zero-order valence-corrected chi connectivity index (χ0v) is 20.0. The molecule has 148 valence electrons. The summed E-state index contributed by atoms with van der Waals surface area (Å²) < 4.78 is 18.5. The number of halogens is 3. The maximum Gasteiger partial charge on any atom is 0.205 e. The number of nitrogens with one attached hydrogen (secondary N) is 1. The lowest BCUT2D eigenvalue weighted by Gasteiger charge is -2.36. The lowest BCUT2D eigenvalue weighted by atomic mass is 10.2. The minimum Gasteiger partial charge on any atom is -0.352 e. The van der Waals surface area contributed by atoms with Gasteiger partial charge < -0.3 is 15.1 Å². The van der Waals surface area contributed by atoms with Crippen LogP contribution in [0.5, 0.6) is 0 Å². The maximum atomic E-state index is 13.6. The predicted octanol–water partition coefficient (Wildman–Crippen LogP) is 3.52. The molecule has 6 nitrogen and oxygen atoms in total. The van der Waals surface area contributed by atoms with Crippen LogP contribution in [0, 0.1) is 5.82 Å². The fourth-order valence-corrected chi connectivity index (χ4v) is 3.84. The average Bonchev–Trinajstić information content (AvgIpc) is 3.15. The normalized spacial score (nSPS) is 14.9. The topological polar surface area (TPSA) is 56.7 Å². The van der Waals surface area contributed by atoms with E-state index in [1.165, 1.54) is 17.6 Å². The van der Waals surface area contributed by atoms with E-state index in [-0.39, 0.29) is 29.8 Å². The Morgan fingerprint density at radius 3 is 2.67 bits per heavy atom. The molecular formula is C17H23BrFIN6S. The zero-order valence-electron chi connectivity index (χ0n) is 15.3. The Labute approximate surface area is 188 Å². The Morgan fingerprint density at radius 2 is 2.07 bits per heavy atom. The van der Waals surface area contributed by atoms with Crippen LogP contribution >= 0.6 is 51.4 Å². The number of anilines is 1. The van der Waals surface area contributed by atoms with Crippen molar-refractivity contribution in [3.05, 3.63) is 39.9 Å². The van der Waals surface area contributed by atoms with Gasteiger partial charge in [0.25, 0.3) is 0 Å². The van der Waals surface area contributed by atoms with Crippen molar-refractivity contribution in [1.82, 2.24) is 19.6 Å². The van der Waals surface area contributed by atoms with Gasteiger partial charge in [-0.25, -0.2) is 9.37 Å². The molecule has 1 aliphatic rings. The first kappa shape index (κ1) is 22.3. The number of aromatic nitrogens is 2. The smallest absolute Gasteiger partial charge is 0.205 e. The summed E-state index contributed by atoms with van der Waals surface area (Å²) in [6.07, 6.45) is 0.865. The van der Waals surface area contributed by atoms with Gasteiger partial charge in [-0.1, -0.05) is 13.0 Å². The van der Waals surface area contributed by atoms with E-state index >= 15 is 0 Å². The highest BCUT2D eigenvalue weighted by atomic mass is 127. The summed E-state index contributed by atoms with van der Waals surface area (Å²) in [7, 11) is 1.77. The standard InChI is InChI=1S/C17H22BrFN6S.HI/c1-3-15-22-17(26-23-15)25-8-6-24(7-9-25)16(20-2)21-11-12-4-5-13(18)14(19)10-12;/h4-5,10H,3,6-9,11H2,1-2H3,(H,20,21);1H. The van der Waals surface area contributed by atoms with Crippen molar-refractivity contribution in [2.24, 2.45) is 4.99 Å². The fraction of sp³-hybridized carbons (Fsp3) is 0.471. The largest absolute Gasteiger partial charge is 0.352 e. The van der Waals surface area contributed by atoms with E-state index in [1.807, 2.05) is 6.07 Å². The molecule has 0 amide bonds. The molecule has 0 aliphatic carbocycles. The average molecular weight is 569 g/mol. The van der Waals surface area contributed by atoms with Crippen molar-refractivity contribution in [1.29, 1.82) is 0 Å². The van der Waals surface area contributed by atoms with E-state index in [4.69, 9.17) is 0 Å². The van der Waals surface area contributed by atoms with Crippen LogP contribution in [0.1, 0.15) is 18.3 Å². The van der Waals surface area contributed by atoms with Crippen molar-refractivity contribution in [3.8, 4) is 0 Å². The number of benzene rings is 1. The first-order chi connectivity index (χ1) is 12.6. The first-order valence-electron chi connectivity index (χ1n) is 8.57. The molecule has 2 heterocycles. The Bertz CT molecular complexity index is 779. The summed E-state index contributed by atoms with van der Waals surface area (Å²) in [5, 5.41) is 4.32. The molecule has 2 aromatic rings. The molecule has 0 unspecified atom stereocenters. The van der Waals surface area contributed by atoms with Gasteiger partial charge in [0.1, 0.15) is 11.6 Å². The molecule has 1 aliphatic heterocycles. The van der Waals surface area contributed by atoms with Gasteiger partial charge in [-0.3, -0.25) is 4.99 Å². The molecule has 3 rings (SSSR count). The molecule has 0 atom stereocenters. The van der Waals surface area contributed by atoms with Crippen molar-refractivity contribution in [2.45, 2.75) is 19.9 Å². The number of hydrogen-bond donors (Lipinski definition) is 1. The van der Waals surface area contributed by atoms with Crippen LogP contribution in [0.3, 0.4) is 0 Å². The number of guanidine groups is 1. The molecule has 1 saturated heterocycles. The van der Waals surface area contributed by atoms with Gasteiger partial charge >= 0.3 is 0 Å². The second-order valence-electron chi connectivity index (χ2n) is 5.97. The third kappa shape index (κ3) is 5.74. The van der Waals surface area contributed by atoms with E-state index in [0.717, 1.165) is 55.1 Å². The van der Waals surface area contributed by atoms with Gasteiger partial charge in [-0.2, -0.15) is 4.37 Å². The number of aliphatic imine (C=N–C) groups is 1. The summed E-state index contributed by atoms with van der Waals surface area (Å²) in [6, 6.07) is 5.15. The number of hydrogen-bond acceptors (Lipinski definition) is 5. The minimum absolute atomic E-state index is 0. The summed E-state index contributed by atoms with van der Waals surface area (Å²) in [5.41, 5.74) is 0.881. The third-order valence-corrected chi connectivity index (χ3v) is 5.73. The lowest BCUT2D eigenvalue weighted by Crippen LogP contribution is -2.52. The van der Waals surface area contributed by atoms with Crippen LogP contribution in [0.4, 0.5) is 9.52 Å². The van der Waals surface area contributed by atoms with Crippen molar-refractivity contribution < 1.29 is 4.39 Å². The van der Waals surface area contributed by atoms with Crippen LogP contribution < -0.4 is 10.2 Å². The molecule has 1 aromatic carbocycles. The summed E-state index contributed by atoms with van der Waals surface area (Å²) in [4.78, 5) is 13.4. The van der Waals surface area contributed by atoms with E-state index < -0.39 is 0 Å². The Balaban J connectivity index is 0.00000261. The molecule has 1 fully saturated rings. The van der Waals surface area contributed by atoms with E-state index in [2.05, 4.69) is 52.3 Å². The van der Waals surface area contributed by atoms with Gasteiger partial charge in [-0.05, 0) is 33.6 Å². The molecule has 0 bridgehead atoms. The van der Waals surface area contributed by atoms with Gasteiger partial charge in [0, 0.05) is 57.7 Å². The molecule has 0 saturated carbocycles. The predicted molar refractivity (Wildman–Crippen MR) is 123 cm³/mol. The molecule has 0 radical (unpaired) electrons. The van der Waals surface area contributed by atoms with Gasteiger partial charge in [0.2, 0.25) is 5.13 Å². The number of rotatable bonds is 4. The maximum absolute atomic E-state index is 13.6. The Morgan fingerprint density at radius 1 is 1.33 bits per heavy atom. The quantitative estimate of drug-likeness (QED) is 0.347. The van der Waals surface area contributed by atoms with E-state index in [9.17, 15) is 4.39 Å². The van der Waals surface area contributed by atoms with Crippen LogP contribution in [-0.4, -0.2) is 53.4 Å². The number of piperazine rings is 1. The molecule has 0 spiro atoms. The van der Waals surface area contributed by atoms with Crippen LogP contribution in [0.15, 0.2) is 27.7 Å². The Kier molecular flexibility index (Phi) is 8.67. The first-order valence-corrected chi connectivity index (χ1v) is 10.1. The second-order valence-corrected chi connectivity index (χ2v) is 7.55. The van der Waals surface area contributed by atoms with Crippen LogP contribution in [0.2, 0.25) is 0 Å². The van der Waals surface area contributed by atoms with Crippen LogP contribution in [0.25, 0.3) is 0 Å². The third-order valence-electron chi connectivity index (χ3n) is 4.27. The number of nitrogens with zero attached hydrogens (tertiary/aromatic N) is 5. The van der Waals surface area contributed by atoms with Gasteiger partial charge in [-0.15, -0.1) is 24.0 Å². The van der Waals surface area contributed by atoms with Gasteiger partial charge in [0.15, 0.2) is 5.96 Å². The molecule has 1 N–H and O–H groups in total. The van der Waals surface area contributed by atoms with Crippen LogP contribution in [-0.2, 0) is 13.0 Å². The Hall–Kier alpha value is -1.01. The lowest BCUT2D eigenvalue weighted by molar-refractivity contribution is 0.372. The molecule has 1 aromatic heterocycles. The minimum atomic E-state index is -0.253. The van der Waals surface area contributed by atoms with Crippen molar-refractivity contribution in [3.63, 3.8) is 0 Å². The summed E-state index contributed by atoms with van der Waals surface area (Å²) in [6.45, 7) is 6.08. The highest BCUT2D eigenvalue weighted by Crippen LogP contribution is 2.19. The molecular weight excluding hydrogens is 546 g/mol. The fourth-order valence-electron chi connectivity index (χ4n) is 2.79. The highest BCUT2D eigenvalue weighted by molar-refractivity contribution is 14.0. The van der Waals surface area contributed by atoms with Crippen molar-refractivity contribution >= 4 is 62.5 Å². The SMILES string of the molecule is CCc1nsc(N2CCN(C(=NC)NCc3ccc(Br)c(F)c3)CC2)n1.I. The monoisotopic (exact) mass is 568 g/mol. The second kappa shape index (κ2) is 10.5. The summed E-state index contributed by atoms with van der Waals surface area (Å²) >= 11 is 4.64. The van der Waals surface area contributed by atoms with E-state index in [1.54, 1.807) is 13.1 Å². The molecule has 10 heteroatoms. The van der Waals surface area contributed by atoms with Crippen molar-refractivity contribution in [2.75, 3.05) is 38.1 Å². The van der Waals surface area contributed by atoms with E-state index in [0.29, 0.717) is 11.0 Å². The zero-order chi connectivity index (χ0) is 18.5. The summed E-state index contributed by atoms with van der Waals surface area (Å²) in [5.74, 6) is 1.49. The van der Waals surface area contributed by atoms with Gasteiger partial charge in [0.05, 0.1) is 4.47 Å². The highest BCUT2D eigenvalue weighted by Gasteiger charge is 2.22. The molecule has 27 heavy (non-hydrogen) atoms.